The van der Waals surface area contributed by atoms with Crippen molar-refractivity contribution in [1.82, 2.24) is 0 Å². The number of hydrogen-bond acceptors (Lipinski definition) is 4. The molecule has 0 saturated carbocycles. The van der Waals surface area contributed by atoms with Gasteiger partial charge in [-0.3, -0.25) is 14.4 Å². The van der Waals surface area contributed by atoms with E-state index in [9.17, 15) is 14.4 Å². The number of ketones is 2. The van der Waals surface area contributed by atoms with E-state index in [1.54, 1.807) is 18.2 Å². The summed E-state index contributed by atoms with van der Waals surface area (Å²) in [6.45, 7) is -0.143. The maximum Gasteiger partial charge on any atom is 0.303 e. The number of carboxylic acids is 1. The fourth-order valence-corrected chi connectivity index (χ4v) is 2.34. The molecule has 0 radical (unpaired) electrons. The second-order valence-electron chi connectivity index (χ2n) is 4.97. The number of carbonyl (C=O) groups excluding carboxylic acids is 2. The molecule has 0 saturated heterocycles. The zero-order valence-corrected chi connectivity index (χ0v) is 13.1. The third-order valence-corrected chi connectivity index (χ3v) is 3.47. The van der Waals surface area contributed by atoms with Gasteiger partial charge in [0, 0.05) is 24.1 Å². The van der Waals surface area contributed by atoms with Crippen LogP contribution in [-0.2, 0) is 14.3 Å². The third-order valence-electron chi connectivity index (χ3n) is 3.23. The molecule has 0 aliphatic carbocycles. The number of ether oxygens (including phenoxy) is 1. The molecule has 1 aromatic carbocycles. The summed E-state index contributed by atoms with van der Waals surface area (Å²) in [6, 6.07) is 6.43. The van der Waals surface area contributed by atoms with E-state index in [1.165, 1.54) is 13.2 Å². The Labute approximate surface area is 134 Å². The number of Topliss-reactive ketones (excluding diaryl/α,β-unsaturated/α-hetero) is 2. The second-order valence-corrected chi connectivity index (χ2v) is 5.40. The fourth-order valence-electron chi connectivity index (χ4n) is 2.15. The van der Waals surface area contributed by atoms with Crippen LogP contribution in [0.5, 0.6) is 0 Å². The van der Waals surface area contributed by atoms with Gasteiger partial charge in [0.25, 0.3) is 0 Å². The highest BCUT2D eigenvalue weighted by atomic mass is 35.5. The molecule has 1 atom stereocenters. The Hall–Kier alpha value is -1.72. The van der Waals surface area contributed by atoms with Crippen molar-refractivity contribution < 1.29 is 24.2 Å². The second kappa shape index (κ2) is 9.33. The van der Waals surface area contributed by atoms with Crippen LogP contribution in [0.4, 0.5) is 0 Å². The van der Waals surface area contributed by atoms with E-state index in [0.717, 1.165) is 0 Å². The van der Waals surface area contributed by atoms with Gasteiger partial charge < -0.3 is 9.84 Å². The molecule has 1 N–H and O–H groups in total. The van der Waals surface area contributed by atoms with Crippen molar-refractivity contribution in [1.29, 1.82) is 0 Å². The van der Waals surface area contributed by atoms with Crippen LogP contribution < -0.4 is 0 Å². The number of rotatable bonds is 10. The largest absolute Gasteiger partial charge is 0.481 e. The molecule has 0 aromatic heterocycles. The van der Waals surface area contributed by atoms with Crippen LogP contribution in [0, 0.1) is 5.92 Å². The van der Waals surface area contributed by atoms with Gasteiger partial charge in [-0.2, -0.15) is 0 Å². The molecule has 0 bridgehead atoms. The van der Waals surface area contributed by atoms with Gasteiger partial charge >= 0.3 is 5.97 Å². The van der Waals surface area contributed by atoms with Gasteiger partial charge in [-0.25, -0.2) is 0 Å². The Morgan fingerprint density at radius 1 is 1.27 bits per heavy atom. The van der Waals surface area contributed by atoms with Crippen LogP contribution in [0.1, 0.15) is 36.0 Å². The normalized spacial score (nSPS) is 11.9. The standard InChI is InChI=1S/C16H19ClO5/c1-22-10-14(18)13(7-2-3-8-15(19)20)16(21)11-5-4-6-12(17)9-11/h4-6,9,13H,2-3,7-8,10H2,1H3,(H,19,20). The van der Waals surface area contributed by atoms with Gasteiger partial charge in [-0.15, -0.1) is 0 Å². The van der Waals surface area contributed by atoms with Gasteiger partial charge in [-0.1, -0.05) is 30.2 Å². The zero-order chi connectivity index (χ0) is 16.5. The van der Waals surface area contributed by atoms with Crippen LogP contribution in [0.15, 0.2) is 24.3 Å². The maximum absolute atomic E-state index is 12.5. The zero-order valence-electron chi connectivity index (χ0n) is 12.4. The minimum absolute atomic E-state index is 0.0243. The molecule has 1 unspecified atom stereocenters. The lowest BCUT2D eigenvalue weighted by atomic mass is 9.89. The Morgan fingerprint density at radius 2 is 2.00 bits per heavy atom. The van der Waals surface area contributed by atoms with Crippen molar-refractivity contribution >= 4 is 29.1 Å². The van der Waals surface area contributed by atoms with Crippen molar-refractivity contribution in [3.8, 4) is 0 Å². The molecule has 5 nitrogen and oxygen atoms in total. The number of methoxy groups -OCH3 is 1. The molecule has 0 aliphatic rings. The number of unbranched alkanes of at least 4 members (excludes halogenated alkanes) is 1. The lowest BCUT2D eigenvalue weighted by Gasteiger charge is -2.14. The quantitative estimate of drug-likeness (QED) is 0.406. The van der Waals surface area contributed by atoms with Crippen LogP contribution in [0.2, 0.25) is 5.02 Å². The van der Waals surface area contributed by atoms with E-state index in [-0.39, 0.29) is 24.6 Å². The minimum Gasteiger partial charge on any atom is -0.481 e. The first kappa shape index (κ1) is 18.3. The molecule has 1 rings (SSSR count). The molecule has 0 heterocycles. The highest BCUT2D eigenvalue weighted by Crippen LogP contribution is 2.20. The highest BCUT2D eigenvalue weighted by molar-refractivity contribution is 6.31. The summed E-state index contributed by atoms with van der Waals surface area (Å²) in [5.41, 5.74) is 0.375. The lowest BCUT2D eigenvalue weighted by molar-refractivity contribution is -0.137. The first-order valence-corrected chi connectivity index (χ1v) is 7.36. The Bertz CT molecular complexity index is 541. The summed E-state index contributed by atoms with van der Waals surface area (Å²) >= 11 is 5.87. The van der Waals surface area contributed by atoms with Crippen molar-refractivity contribution in [2.24, 2.45) is 5.92 Å². The van der Waals surface area contributed by atoms with E-state index >= 15 is 0 Å². The number of aliphatic carboxylic acids is 1. The van der Waals surface area contributed by atoms with E-state index in [0.29, 0.717) is 29.8 Å². The molecule has 0 aliphatic heterocycles. The van der Waals surface area contributed by atoms with Crippen LogP contribution in [0.25, 0.3) is 0 Å². The first-order valence-electron chi connectivity index (χ1n) is 6.99. The Morgan fingerprint density at radius 3 is 2.59 bits per heavy atom. The van der Waals surface area contributed by atoms with Gasteiger partial charge in [0.2, 0.25) is 0 Å². The van der Waals surface area contributed by atoms with Gasteiger partial charge in [0.15, 0.2) is 11.6 Å². The van der Waals surface area contributed by atoms with E-state index in [2.05, 4.69) is 0 Å². The molecule has 120 valence electrons. The summed E-state index contributed by atoms with van der Waals surface area (Å²) in [6.07, 6.45) is 1.24. The fraction of sp³-hybridized carbons (Fsp3) is 0.438. The summed E-state index contributed by atoms with van der Waals surface area (Å²) in [7, 11) is 1.39. The maximum atomic E-state index is 12.5. The first-order chi connectivity index (χ1) is 10.5. The summed E-state index contributed by atoms with van der Waals surface area (Å²) in [5.74, 6) is -2.32. The smallest absolute Gasteiger partial charge is 0.303 e. The van der Waals surface area contributed by atoms with Gasteiger partial charge in [0.05, 0.1) is 5.92 Å². The highest BCUT2D eigenvalue weighted by Gasteiger charge is 2.27. The third kappa shape index (κ3) is 5.95. The molecule has 6 heteroatoms. The number of carbonyl (C=O) groups is 3. The van der Waals surface area contributed by atoms with Crippen molar-refractivity contribution in [3.63, 3.8) is 0 Å². The topological polar surface area (TPSA) is 80.7 Å². The monoisotopic (exact) mass is 326 g/mol. The average Bonchev–Trinajstić information content (AvgIpc) is 2.46. The van der Waals surface area contributed by atoms with Crippen molar-refractivity contribution in [3.05, 3.63) is 34.9 Å². The van der Waals surface area contributed by atoms with Gasteiger partial charge in [0.1, 0.15) is 6.61 Å². The molecule has 0 amide bonds. The molecule has 1 aromatic rings. The summed E-state index contributed by atoms with van der Waals surface area (Å²) in [4.78, 5) is 35.1. The van der Waals surface area contributed by atoms with E-state index in [1.807, 2.05) is 0 Å². The van der Waals surface area contributed by atoms with Gasteiger partial charge in [-0.05, 0) is 25.0 Å². The SMILES string of the molecule is COCC(=O)C(CCCCC(=O)O)C(=O)c1cccc(Cl)c1. The number of benzene rings is 1. The Kier molecular flexibility index (Phi) is 7.77. The van der Waals surface area contributed by atoms with E-state index < -0.39 is 11.9 Å². The lowest BCUT2D eigenvalue weighted by Crippen LogP contribution is -2.27. The minimum atomic E-state index is -0.888. The van der Waals surface area contributed by atoms with Crippen molar-refractivity contribution in [2.45, 2.75) is 25.7 Å². The molecule has 0 fully saturated rings. The Balaban J connectivity index is 2.78. The molecular formula is C16H19ClO5. The summed E-state index contributed by atoms with van der Waals surface area (Å²) in [5, 5.41) is 9.05. The number of halogens is 1. The van der Waals surface area contributed by atoms with Crippen LogP contribution >= 0.6 is 11.6 Å². The summed E-state index contributed by atoms with van der Waals surface area (Å²) < 4.78 is 4.82. The van der Waals surface area contributed by atoms with Crippen molar-refractivity contribution in [2.75, 3.05) is 13.7 Å². The van der Waals surface area contributed by atoms with E-state index in [4.69, 9.17) is 21.4 Å². The predicted molar refractivity (Wildman–Crippen MR) is 82.3 cm³/mol. The van der Waals surface area contributed by atoms with Crippen LogP contribution in [0.3, 0.4) is 0 Å². The average molecular weight is 327 g/mol. The molecule has 22 heavy (non-hydrogen) atoms. The van der Waals surface area contributed by atoms with Crippen LogP contribution in [-0.4, -0.2) is 36.4 Å². The predicted octanol–water partition coefficient (Wildman–Crippen LogP) is 3.00. The number of carboxylic acid groups (broad SMARTS) is 1. The molecular weight excluding hydrogens is 308 g/mol. The molecule has 0 spiro atoms. The number of hydrogen-bond donors (Lipinski definition) is 1.